The first-order chi connectivity index (χ1) is 15.8. The zero-order valence-corrected chi connectivity index (χ0v) is 25.0. The topological polar surface area (TPSA) is 182 Å². The van der Waals surface area contributed by atoms with Gasteiger partial charge < -0.3 is 4.98 Å². The zero-order valence-electron chi connectivity index (χ0n) is 21.7. The molecule has 0 unspecified atom stereocenters. The molecule has 0 spiro atoms. The highest BCUT2D eigenvalue weighted by Gasteiger charge is 2.47. The van der Waals surface area contributed by atoms with Gasteiger partial charge in [0.15, 0.2) is 47.5 Å². The molecule has 0 aliphatic heterocycles. The molecule has 0 aliphatic carbocycles. The summed E-state index contributed by atoms with van der Waals surface area (Å²) in [7, 11) is -14.3. The number of hydrogen-bond acceptors (Lipinski definition) is 10. The molecule has 1 N–H and O–H groups in total. The van der Waals surface area contributed by atoms with Crippen LogP contribution in [0.5, 0.6) is 0 Å². The fraction of sp³-hybridized carbons (Fsp3) is 0.800. The Kier molecular flexibility index (Phi) is 14.2. The highest BCUT2D eigenvalue weighted by molar-refractivity contribution is 8.10. The van der Waals surface area contributed by atoms with Crippen molar-refractivity contribution < 1.29 is 33.7 Å². The highest BCUT2D eigenvalue weighted by Crippen LogP contribution is 2.30. The van der Waals surface area contributed by atoms with Gasteiger partial charge in [-0.05, 0) is 32.8 Å². The maximum Gasteiger partial charge on any atom is 0.344 e. The molecule has 208 valence electrons. The second kappa shape index (κ2) is 13.8. The number of aromatic nitrogens is 2. The zero-order chi connectivity index (χ0) is 28.4. The van der Waals surface area contributed by atoms with Gasteiger partial charge in [0.05, 0.1) is 0 Å². The molecule has 0 saturated carbocycles. The number of hydrogen-bond donors (Lipinski definition) is 1. The third kappa shape index (κ3) is 8.35. The summed E-state index contributed by atoms with van der Waals surface area (Å²) in [5.41, 5.74) is -0.303. The van der Waals surface area contributed by atoms with Crippen LogP contribution < -0.4 is 5.69 Å². The minimum absolute atomic E-state index is 0.0966. The fourth-order valence-corrected chi connectivity index (χ4v) is 11.5. The van der Waals surface area contributed by atoms with E-state index in [1.54, 1.807) is 19.9 Å². The van der Waals surface area contributed by atoms with Gasteiger partial charge in [-0.25, -0.2) is 43.4 Å². The Morgan fingerprint density at radius 2 is 0.943 bits per heavy atom. The van der Waals surface area contributed by atoms with Crippen molar-refractivity contribution in [3.63, 3.8) is 0 Å². The lowest BCUT2D eigenvalue weighted by Gasteiger charge is -2.26. The Bertz CT molecular complexity index is 1100. The monoisotopic (exact) mass is 580 g/mol. The second-order valence-corrected chi connectivity index (χ2v) is 19.0. The summed E-state index contributed by atoms with van der Waals surface area (Å²) in [6, 6.07) is 1.65. The van der Waals surface area contributed by atoms with Crippen molar-refractivity contribution in [2.24, 2.45) is 0 Å². The fourth-order valence-electron chi connectivity index (χ4n) is 2.80. The Morgan fingerprint density at radius 3 is 1.06 bits per heavy atom. The Labute approximate surface area is 210 Å². The summed E-state index contributed by atoms with van der Waals surface area (Å²) in [6.07, 6.45) is 3.17. The van der Waals surface area contributed by atoms with Crippen LogP contribution in [-0.4, -0.2) is 74.8 Å². The van der Waals surface area contributed by atoms with Gasteiger partial charge in [-0.1, -0.05) is 41.5 Å². The maximum atomic E-state index is 11.7. The molecular weight excluding hydrogens is 540 g/mol. The molecule has 0 radical (unpaired) electrons. The van der Waals surface area contributed by atoms with Crippen LogP contribution in [0.3, 0.4) is 0 Å². The van der Waals surface area contributed by atoms with E-state index >= 15 is 0 Å². The van der Waals surface area contributed by atoms with E-state index < -0.39 is 47.5 Å². The van der Waals surface area contributed by atoms with Crippen LogP contribution in [0.1, 0.15) is 68.2 Å². The molecule has 0 fully saturated rings. The summed E-state index contributed by atoms with van der Waals surface area (Å²) in [4.78, 5) is 15.8. The van der Waals surface area contributed by atoms with Gasteiger partial charge in [-0.15, -0.1) is 0 Å². The van der Waals surface area contributed by atoms with Gasteiger partial charge in [0.1, 0.15) is 0 Å². The summed E-state index contributed by atoms with van der Waals surface area (Å²) < 4.78 is 90.2. The van der Waals surface area contributed by atoms with Crippen LogP contribution in [-0.2, 0) is 39.3 Å². The van der Waals surface area contributed by atoms with E-state index in [0.29, 0.717) is 0 Å². The van der Waals surface area contributed by atoms with Crippen molar-refractivity contribution in [1.29, 1.82) is 0 Å². The third-order valence-electron chi connectivity index (χ3n) is 6.02. The van der Waals surface area contributed by atoms with Crippen LogP contribution >= 0.6 is 0 Å². The number of sulfone groups is 4. The van der Waals surface area contributed by atoms with Crippen molar-refractivity contribution in [3.05, 3.63) is 28.9 Å². The molecule has 0 amide bonds. The van der Waals surface area contributed by atoms with E-state index in [-0.39, 0.29) is 41.5 Å². The summed E-state index contributed by atoms with van der Waals surface area (Å²) >= 11 is 0. The molecular formula is C20H40N2O9S4. The number of aromatic amines is 1. The third-order valence-corrected chi connectivity index (χ3v) is 18.5. The number of rotatable bonds is 10. The Morgan fingerprint density at radius 1 is 0.657 bits per heavy atom. The molecule has 0 aromatic carbocycles. The number of H-pyrrole nitrogens is 1. The summed E-state index contributed by atoms with van der Waals surface area (Å²) in [5.74, 6) is -0.569. The molecule has 0 aliphatic rings. The van der Waals surface area contributed by atoms with E-state index in [2.05, 4.69) is 9.97 Å². The lowest BCUT2D eigenvalue weighted by atomic mass is 10.4. The van der Waals surface area contributed by atoms with E-state index in [4.69, 9.17) is 0 Å². The van der Waals surface area contributed by atoms with Crippen LogP contribution in [0.4, 0.5) is 0 Å². The van der Waals surface area contributed by atoms with Gasteiger partial charge in [0.2, 0.25) is 0 Å². The molecule has 1 aromatic heterocycles. The quantitative estimate of drug-likeness (QED) is 0.428. The SMILES string of the molecule is CCC(C)(S(=O)(=O)CC)S(=O)(=O)CC.CCC(C)(S(=O)(=O)CC)S(=O)(=O)CC.O=c1nccc[nH]1. The molecule has 1 aromatic rings. The van der Waals surface area contributed by atoms with Crippen LogP contribution in [0.15, 0.2) is 23.3 Å². The first-order valence-corrected chi connectivity index (χ1v) is 17.8. The van der Waals surface area contributed by atoms with Crippen molar-refractivity contribution in [1.82, 2.24) is 9.97 Å². The van der Waals surface area contributed by atoms with Crippen molar-refractivity contribution >= 4 is 39.3 Å². The smallest absolute Gasteiger partial charge is 0.313 e. The predicted molar refractivity (Wildman–Crippen MR) is 140 cm³/mol. The molecule has 11 nitrogen and oxygen atoms in total. The lowest BCUT2D eigenvalue weighted by Crippen LogP contribution is -2.44. The van der Waals surface area contributed by atoms with Gasteiger partial charge in [0, 0.05) is 35.4 Å². The molecule has 15 heteroatoms. The van der Waals surface area contributed by atoms with Gasteiger partial charge in [-0.3, -0.25) is 0 Å². The lowest BCUT2D eigenvalue weighted by molar-refractivity contribution is 0.541. The molecule has 35 heavy (non-hydrogen) atoms. The first-order valence-electron chi connectivity index (χ1n) is 11.1. The minimum atomic E-state index is -3.57. The van der Waals surface area contributed by atoms with Crippen LogP contribution in [0, 0.1) is 0 Å². The molecule has 1 heterocycles. The normalized spacial score (nSPS) is 13.1. The summed E-state index contributed by atoms with van der Waals surface area (Å²) in [5, 5.41) is 0. The first kappa shape index (κ1) is 35.8. The molecule has 1 rings (SSSR count). The average Bonchev–Trinajstić information content (AvgIpc) is 2.83. The van der Waals surface area contributed by atoms with Crippen LogP contribution in [0.25, 0.3) is 0 Å². The standard InChI is InChI=1S/2C8H18O4S2.C4H4N2O/c2*1-5-8(4,13(9,10)6-2)14(11,12)7-3;7-4-5-2-1-3-6-4/h2*5-7H2,1-4H3;1-3H,(H,5,6,7). The number of nitrogens with one attached hydrogen (secondary N) is 1. The van der Waals surface area contributed by atoms with Crippen LogP contribution in [0.2, 0.25) is 0 Å². The largest absolute Gasteiger partial charge is 0.344 e. The predicted octanol–water partition coefficient (Wildman–Crippen LogP) is 1.73. The Hall–Kier alpha value is -1.32. The highest BCUT2D eigenvalue weighted by atomic mass is 32.3. The van der Waals surface area contributed by atoms with E-state index in [1.807, 2.05) is 0 Å². The molecule has 0 atom stereocenters. The minimum Gasteiger partial charge on any atom is -0.313 e. The molecule has 0 saturated heterocycles. The maximum absolute atomic E-state index is 11.7. The number of nitrogens with zero attached hydrogens (tertiary/aromatic N) is 1. The van der Waals surface area contributed by atoms with E-state index in [9.17, 15) is 38.5 Å². The van der Waals surface area contributed by atoms with Crippen molar-refractivity contribution in [2.45, 2.75) is 76.4 Å². The average molecular weight is 581 g/mol. The summed E-state index contributed by atoms with van der Waals surface area (Å²) in [6.45, 7) is 11.6. The van der Waals surface area contributed by atoms with Crippen molar-refractivity contribution in [3.8, 4) is 0 Å². The van der Waals surface area contributed by atoms with Gasteiger partial charge >= 0.3 is 5.69 Å². The van der Waals surface area contributed by atoms with E-state index in [1.165, 1.54) is 53.9 Å². The molecule has 0 bridgehead atoms. The van der Waals surface area contributed by atoms with Gasteiger partial charge in [0.25, 0.3) is 0 Å². The van der Waals surface area contributed by atoms with E-state index in [0.717, 1.165) is 0 Å². The second-order valence-electron chi connectivity index (χ2n) is 7.68. The van der Waals surface area contributed by atoms with Gasteiger partial charge in [-0.2, -0.15) is 0 Å². The Balaban J connectivity index is 0. The van der Waals surface area contributed by atoms with Crippen molar-refractivity contribution in [2.75, 3.05) is 23.0 Å².